The Morgan fingerprint density at radius 2 is 2.05 bits per heavy atom. The average molecular weight is 315 g/mol. The van der Waals surface area contributed by atoms with E-state index < -0.39 is 6.10 Å². The van der Waals surface area contributed by atoms with E-state index in [0.717, 1.165) is 0 Å². The van der Waals surface area contributed by atoms with Crippen molar-refractivity contribution < 1.29 is 14.6 Å². The van der Waals surface area contributed by atoms with Crippen LogP contribution in [0.1, 0.15) is 13.8 Å². The van der Waals surface area contributed by atoms with E-state index in [9.17, 15) is 9.90 Å². The van der Waals surface area contributed by atoms with E-state index in [1.807, 2.05) is 6.92 Å². The first-order valence-corrected chi connectivity index (χ1v) is 7.36. The summed E-state index contributed by atoms with van der Waals surface area (Å²) in [4.78, 5) is 13.5. The van der Waals surface area contributed by atoms with Crippen LogP contribution >= 0.6 is 11.6 Å². The lowest BCUT2D eigenvalue weighted by molar-refractivity contribution is -0.131. The van der Waals surface area contributed by atoms with Crippen LogP contribution < -0.4 is 10.1 Å². The number of hydrogen-bond acceptors (Lipinski definition) is 4. The largest absolute Gasteiger partial charge is 0.491 e. The lowest BCUT2D eigenvalue weighted by Crippen LogP contribution is -2.46. The number of aliphatic hydroxyl groups is 1. The van der Waals surface area contributed by atoms with Crippen LogP contribution in [0.3, 0.4) is 0 Å². The summed E-state index contributed by atoms with van der Waals surface area (Å²) in [5.41, 5.74) is 0. The van der Waals surface area contributed by atoms with Gasteiger partial charge < -0.3 is 20.1 Å². The molecule has 0 aromatic heterocycles. The van der Waals surface area contributed by atoms with Gasteiger partial charge in [-0.3, -0.25) is 4.79 Å². The molecule has 0 aliphatic heterocycles. The third-order valence-corrected chi connectivity index (χ3v) is 3.39. The predicted octanol–water partition coefficient (Wildman–Crippen LogP) is 1.54. The lowest BCUT2D eigenvalue weighted by Gasteiger charge is -2.22. The van der Waals surface area contributed by atoms with Crippen molar-refractivity contribution in [2.45, 2.75) is 26.0 Å². The van der Waals surface area contributed by atoms with Crippen molar-refractivity contribution in [3.05, 3.63) is 29.3 Å². The van der Waals surface area contributed by atoms with E-state index in [1.54, 1.807) is 43.1 Å². The highest BCUT2D eigenvalue weighted by Crippen LogP contribution is 2.15. The molecule has 0 spiro atoms. The molecule has 0 radical (unpaired) electrons. The molecule has 1 aromatic rings. The summed E-state index contributed by atoms with van der Waals surface area (Å²) in [5, 5.41) is 13.5. The summed E-state index contributed by atoms with van der Waals surface area (Å²) < 4.78 is 5.44. The molecule has 0 fully saturated rings. The molecule has 2 N–H and O–H groups in total. The Kier molecular flexibility index (Phi) is 7.50. The van der Waals surface area contributed by atoms with Crippen molar-refractivity contribution in [3.8, 4) is 5.75 Å². The summed E-state index contributed by atoms with van der Waals surface area (Å²) >= 11 is 5.78. The van der Waals surface area contributed by atoms with Gasteiger partial charge in [0.15, 0.2) is 0 Å². The molecule has 0 bridgehead atoms. The molecular weight excluding hydrogens is 292 g/mol. The summed E-state index contributed by atoms with van der Waals surface area (Å²) in [5.74, 6) is 0.650. The molecule has 1 aromatic carbocycles. The van der Waals surface area contributed by atoms with Gasteiger partial charge in [0, 0.05) is 25.2 Å². The number of rotatable bonds is 8. The SMILES string of the molecule is CCN(C)C(=O)C(C)NCC(O)COc1ccc(Cl)cc1. The van der Waals surface area contributed by atoms with Gasteiger partial charge in [0.05, 0.1) is 6.04 Å². The van der Waals surface area contributed by atoms with E-state index in [4.69, 9.17) is 16.3 Å². The van der Waals surface area contributed by atoms with Gasteiger partial charge in [0.2, 0.25) is 5.91 Å². The van der Waals surface area contributed by atoms with Gasteiger partial charge in [-0.05, 0) is 38.1 Å². The molecular formula is C15H23ClN2O3. The van der Waals surface area contributed by atoms with Gasteiger partial charge >= 0.3 is 0 Å². The van der Waals surface area contributed by atoms with Gasteiger partial charge in [-0.1, -0.05) is 11.6 Å². The van der Waals surface area contributed by atoms with E-state index in [-0.39, 0.29) is 25.1 Å². The molecule has 118 valence electrons. The third-order valence-electron chi connectivity index (χ3n) is 3.14. The lowest BCUT2D eigenvalue weighted by atomic mass is 10.2. The molecule has 0 aliphatic rings. The molecule has 0 aliphatic carbocycles. The highest BCUT2D eigenvalue weighted by Gasteiger charge is 2.17. The zero-order valence-electron chi connectivity index (χ0n) is 12.7. The first-order chi connectivity index (χ1) is 9.93. The first-order valence-electron chi connectivity index (χ1n) is 6.98. The van der Waals surface area contributed by atoms with Gasteiger partial charge in [-0.25, -0.2) is 0 Å². The zero-order valence-corrected chi connectivity index (χ0v) is 13.4. The fraction of sp³-hybridized carbons (Fsp3) is 0.533. The highest BCUT2D eigenvalue weighted by atomic mass is 35.5. The van der Waals surface area contributed by atoms with Crippen LogP contribution in [0.2, 0.25) is 5.02 Å². The number of benzene rings is 1. The smallest absolute Gasteiger partial charge is 0.239 e. The van der Waals surface area contributed by atoms with Crippen molar-refractivity contribution in [2.75, 3.05) is 26.7 Å². The number of ether oxygens (including phenoxy) is 1. The number of nitrogens with one attached hydrogen (secondary N) is 1. The number of halogens is 1. The monoisotopic (exact) mass is 314 g/mol. The minimum absolute atomic E-state index is 0.00307. The second-order valence-corrected chi connectivity index (χ2v) is 5.34. The quantitative estimate of drug-likeness (QED) is 0.764. The minimum atomic E-state index is -0.692. The normalized spacial score (nSPS) is 13.6. The second-order valence-electron chi connectivity index (χ2n) is 4.90. The van der Waals surface area contributed by atoms with Crippen molar-refractivity contribution in [2.24, 2.45) is 0 Å². The Balaban J connectivity index is 2.29. The molecule has 2 unspecified atom stereocenters. The topological polar surface area (TPSA) is 61.8 Å². The highest BCUT2D eigenvalue weighted by molar-refractivity contribution is 6.30. The Labute approximate surface area is 130 Å². The molecule has 21 heavy (non-hydrogen) atoms. The fourth-order valence-corrected chi connectivity index (χ4v) is 1.79. The Hall–Kier alpha value is -1.30. The van der Waals surface area contributed by atoms with Gasteiger partial charge in [0.1, 0.15) is 18.5 Å². The van der Waals surface area contributed by atoms with Crippen LogP contribution in [-0.4, -0.2) is 54.8 Å². The summed E-state index contributed by atoms with van der Waals surface area (Å²) in [6, 6.07) is 6.60. The number of carbonyl (C=O) groups excluding carboxylic acids is 1. The molecule has 5 nitrogen and oxygen atoms in total. The molecule has 0 saturated heterocycles. The average Bonchev–Trinajstić information content (AvgIpc) is 2.50. The number of aliphatic hydroxyl groups excluding tert-OH is 1. The maximum absolute atomic E-state index is 11.8. The van der Waals surface area contributed by atoms with Crippen LogP contribution in [0, 0.1) is 0 Å². The number of hydrogen-bond donors (Lipinski definition) is 2. The van der Waals surface area contributed by atoms with Crippen molar-refractivity contribution in [1.82, 2.24) is 10.2 Å². The molecule has 1 rings (SSSR count). The molecule has 2 atom stereocenters. The summed E-state index contributed by atoms with van der Waals surface area (Å²) in [6.07, 6.45) is -0.692. The number of nitrogens with zero attached hydrogens (tertiary/aromatic N) is 1. The van der Waals surface area contributed by atoms with Crippen LogP contribution in [0.15, 0.2) is 24.3 Å². The molecule has 0 saturated carbocycles. The van der Waals surface area contributed by atoms with Crippen molar-refractivity contribution >= 4 is 17.5 Å². The Morgan fingerprint density at radius 1 is 1.43 bits per heavy atom. The molecule has 0 heterocycles. The first kappa shape index (κ1) is 17.8. The maximum Gasteiger partial charge on any atom is 0.239 e. The van der Waals surface area contributed by atoms with E-state index in [0.29, 0.717) is 17.3 Å². The number of likely N-dealkylation sites (N-methyl/N-ethyl adjacent to an activating group) is 1. The van der Waals surface area contributed by atoms with Crippen molar-refractivity contribution in [1.29, 1.82) is 0 Å². The number of carbonyl (C=O) groups is 1. The second kappa shape index (κ2) is 8.87. The molecule has 1 amide bonds. The number of amides is 1. The maximum atomic E-state index is 11.8. The molecule has 6 heteroatoms. The zero-order chi connectivity index (χ0) is 15.8. The van der Waals surface area contributed by atoms with Crippen LogP contribution in [0.5, 0.6) is 5.75 Å². The minimum Gasteiger partial charge on any atom is -0.491 e. The van der Waals surface area contributed by atoms with Gasteiger partial charge in [-0.2, -0.15) is 0 Å². The van der Waals surface area contributed by atoms with Crippen LogP contribution in [0.25, 0.3) is 0 Å². The van der Waals surface area contributed by atoms with Crippen molar-refractivity contribution in [3.63, 3.8) is 0 Å². The standard InChI is InChI=1S/C15H23ClN2O3/c1-4-18(3)15(20)11(2)17-9-13(19)10-21-14-7-5-12(16)6-8-14/h5-8,11,13,17,19H,4,9-10H2,1-3H3. The fourth-order valence-electron chi connectivity index (χ4n) is 1.67. The van der Waals surface area contributed by atoms with Gasteiger partial charge in [-0.15, -0.1) is 0 Å². The predicted molar refractivity (Wildman–Crippen MR) is 83.7 cm³/mol. The van der Waals surface area contributed by atoms with E-state index in [1.165, 1.54) is 0 Å². The van der Waals surface area contributed by atoms with E-state index in [2.05, 4.69) is 5.32 Å². The van der Waals surface area contributed by atoms with E-state index >= 15 is 0 Å². The van der Waals surface area contributed by atoms with Gasteiger partial charge in [0.25, 0.3) is 0 Å². The summed E-state index contributed by atoms with van der Waals surface area (Å²) in [7, 11) is 1.75. The third kappa shape index (κ3) is 6.33. The Bertz CT molecular complexity index is 439. The Morgan fingerprint density at radius 3 is 2.62 bits per heavy atom. The summed E-state index contributed by atoms with van der Waals surface area (Å²) in [6.45, 7) is 4.80. The van der Waals surface area contributed by atoms with Crippen LogP contribution in [0.4, 0.5) is 0 Å². The van der Waals surface area contributed by atoms with Crippen LogP contribution in [-0.2, 0) is 4.79 Å².